The lowest BCUT2D eigenvalue weighted by Gasteiger charge is -1.97. The highest BCUT2D eigenvalue weighted by atomic mass is 35.5. The number of benzene rings is 1. The first kappa shape index (κ1) is 8.08. The molecule has 0 fully saturated rings. The van der Waals surface area contributed by atoms with Crippen LogP contribution in [-0.4, -0.2) is 13.0 Å². The highest BCUT2D eigenvalue weighted by Crippen LogP contribution is 2.08. The summed E-state index contributed by atoms with van der Waals surface area (Å²) in [4.78, 5) is 11.0. The van der Waals surface area contributed by atoms with Gasteiger partial charge in [-0.05, 0) is 12.1 Å². The minimum absolute atomic E-state index is 0.174. The molecule has 0 aliphatic carbocycles. The lowest BCUT2D eigenvalue weighted by atomic mass is 10.2. The van der Waals surface area contributed by atoms with Crippen molar-refractivity contribution in [1.29, 1.82) is 0 Å². The summed E-state index contributed by atoms with van der Waals surface area (Å²) in [6, 6.07) is 7.76. The van der Waals surface area contributed by atoms with Gasteiger partial charge in [-0.2, -0.15) is 0 Å². The van der Waals surface area contributed by atoms with Gasteiger partial charge < -0.3 is 5.32 Å². The fourth-order valence-electron chi connectivity index (χ4n) is 0.708. The van der Waals surface area contributed by atoms with Crippen molar-refractivity contribution >= 4 is 17.5 Å². The van der Waals surface area contributed by atoms with E-state index in [-0.39, 0.29) is 5.91 Å². The molecule has 1 N–H and O–H groups in total. The number of hydrogen-bond donors (Lipinski definition) is 1. The third kappa shape index (κ3) is 1.95. The molecule has 11 heavy (non-hydrogen) atoms. The van der Waals surface area contributed by atoms with E-state index >= 15 is 0 Å². The van der Waals surface area contributed by atoms with Gasteiger partial charge in [-0.1, -0.05) is 17.7 Å². The van der Waals surface area contributed by atoms with E-state index in [1.54, 1.807) is 25.2 Å². The Bertz CT molecular complexity index is 273. The van der Waals surface area contributed by atoms with Crippen LogP contribution in [0.1, 0.15) is 10.4 Å². The molecule has 0 saturated heterocycles. The zero-order valence-electron chi connectivity index (χ0n) is 6.02. The van der Waals surface area contributed by atoms with Crippen molar-refractivity contribution in [2.24, 2.45) is 0 Å². The van der Waals surface area contributed by atoms with Crippen molar-refractivity contribution in [3.8, 4) is 0 Å². The molecule has 1 rings (SSSR count). The van der Waals surface area contributed by atoms with Crippen LogP contribution in [0.2, 0.25) is 5.02 Å². The van der Waals surface area contributed by atoms with Gasteiger partial charge in [0.05, 0.1) is 0 Å². The quantitative estimate of drug-likeness (QED) is 0.677. The van der Waals surface area contributed by atoms with Crippen LogP contribution in [0.15, 0.2) is 18.2 Å². The minimum Gasteiger partial charge on any atom is -0.355 e. The minimum atomic E-state index is -0.174. The van der Waals surface area contributed by atoms with Crippen LogP contribution in [0.5, 0.6) is 0 Å². The summed E-state index contributed by atoms with van der Waals surface area (Å²) in [5.74, 6) is -0.174. The number of hydrogen-bond acceptors (Lipinski definition) is 1. The number of nitrogens with one attached hydrogen (secondary N) is 1. The van der Waals surface area contributed by atoms with Crippen LogP contribution in [0, 0.1) is 6.07 Å². The molecule has 0 aliphatic rings. The molecule has 0 heterocycles. The van der Waals surface area contributed by atoms with Gasteiger partial charge in [0.15, 0.2) is 0 Å². The smallest absolute Gasteiger partial charge is 0.251 e. The zero-order chi connectivity index (χ0) is 8.27. The summed E-state index contributed by atoms with van der Waals surface area (Å²) in [6.45, 7) is 0. The largest absolute Gasteiger partial charge is 0.355 e. The first-order valence-corrected chi connectivity index (χ1v) is 3.52. The van der Waals surface area contributed by atoms with Gasteiger partial charge in [-0.25, -0.2) is 0 Å². The molecule has 0 unspecified atom stereocenters. The monoisotopic (exact) mass is 168 g/mol. The van der Waals surface area contributed by atoms with E-state index < -0.39 is 0 Å². The Labute approximate surface area is 70.2 Å². The van der Waals surface area contributed by atoms with Gasteiger partial charge in [0.1, 0.15) is 0 Å². The maximum atomic E-state index is 11.0. The van der Waals surface area contributed by atoms with Crippen molar-refractivity contribution < 1.29 is 4.79 Å². The second kappa shape index (κ2) is 3.39. The zero-order valence-corrected chi connectivity index (χ0v) is 6.77. The molecule has 1 amide bonds. The summed E-state index contributed by atoms with van der Waals surface area (Å²) in [7, 11) is 1.57. The third-order valence-corrected chi connectivity index (χ3v) is 1.45. The van der Waals surface area contributed by atoms with Crippen LogP contribution < -0.4 is 5.32 Å². The van der Waals surface area contributed by atoms with Gasteiger partial charge >= 0.3 is 0 Å². The molecule has 3 heteroatoms. The van der Waals surface area contributed by atoms with E-state index in [1.165, 1.54) is 0 Å². The predicted octanol–water partition coefficient (Wildman–Crippen LogP) is 1.50. The molecule has 1 aromatic carbocycles. The lowest BCUT2D eigenvalue weighted by molar-refractivity contribution is 0.0963. The molecule has 0 aromatic heterocycles. The predicted molar refractivity (Wildman–Crippen MR) is 43.7 cm³/mol. The number of rotatable bonds is 1. The number of halogens is 1. The molecule has 0 atom stereocenters. The summed E-state index contributed by atoms with van der Waals surface area (Å²) in [6.07, 6.45) is 0. The van der Waals surface area contributed by atoms with Gasteiger partial charge in [-0.3, -0.25) is 4.79 Å². The van der Waals surface area contributed by atoms with Crippen LogP contribution in [0.25, 0.3) is 0 Å². The summed E-state index contributed by atoms with van der Waals surface area (Å²) < 4.78 is 0. The average molecular weight is 169 g/mol. The van der Waals surface area contributed by atoms with E-state index in [1.807, 2.05) is 0 Å². The normalized spacial score (nSPS) is 9.27. The van der Waals surface area contributed by atoms with Crippen LogP contribution in [0.3, 0.4) is 0 Å². The second-order valence-electron chi connectivity index (χ2n) is 1.99. The topological polar surface area (TPSA) is 29.1 Å². The van der Waals surface area contributed by atoms with Crippen molar-refractivity contribution in [2.45, 2.75) is 0 Å². The van der Waals surface area contributed by atoms with Crippen LogP contribution in [-0.2, 0) is 0 Å². The highest BCUT2D eigenvalue weighted by molar-refractivity contribution is 6.30. The van der Waals surface area contributed by atoms with Crippen molar-refractivity contribution in [1.82, 2.24) is 5.32 Å². The van der Waals surface area contributed by atoms with Gasteiger partial charge in [0.25, 0.3) is 5.91 Å². The van der Waals surface area contributed by atoms with Gasteiger partial charge in [-0.15, -0.1) is 0 Å². The van der Waals surface area contributed by atoms with E-state index in [4.69, 9.17) is 11.6 Å². The maximum absolute atomic E-state index is 11.0. The highest BCUT2D eigenvalue weighted by Gasteiger charge is 2.01. The molecule has 2 nitrogen and oxygen atoms in total. The van der Waals surface area contributed by atoms with Crippen LogP contribution >= 0.6 is 11.6 Å². The molecule has 0 saturated carbocycles. The van der Waals surface area contributed by atoms with E-state index in [9.17, 15) is 4.79 Å². The Morgan fingerprint density at radius 1 is 1.64 bits per heavy atom. The Hall–Kier alpha value is -1.02. The average Bonchev–Trinajstić information content (AvgIpc) is 2.03. The Morgan fingerprint density at radius 3 is 2.91 bits per heavy atom. The standard InChI is InChI=1S/C8H7ClNO/c1-10-8(11)6-3-2-4-7(9)5-6/h2-4H,1H3,(H,10,11). The molecule has 1 aromatic rings. The van der Waals surface area contributed by atoms with Crippen LogP contribution in [0.4, 0.5) is 0 Å². The molecular formula is C8H7ClNO. The Kier molecular flexibility index (Phi) is 2.49. The van der Waals surface area contributed by atoms with Crippen molar-refractivity contribution in [3.63, 3.8) is 0 Å². The first-order valence-electron chi connectivity index (χ1n) is 3.14. The SMILES string of the molecule is CNC(=O)c1[c]c(Cl)ccc1. The second-order valence-corrected chi connectivity index (χ2v) is 2.40. The number of amides is 1. The lowest BCUT2D eigenvalue weighted by Crippen LogP contribution is -2.17. The van der Waals surface area contributed by atoms with Gasteiger partial charge in [0, 0.05) is 23.7 Å². The summed E-state index contributed by atoms with van der Waals surface area (Å²) >= 11 is 5.61. The first-order chi connectivity index (χ1) is 5.24. The molecule has 57 valence electrons. The Morgan fingerprint density at radius 2 is 2.36 bits per heavy atom. The fourth-order valence-corrected chi connectivity index (χ4v) is 0.882. The molecule has 1 radical (unpaired) electrons. The van der Waals surface area contributed by atoms with Crippen molar-refractivity contribution in [3.05, 3.63) is 34.9 Å². The molecule has 0 spiro atoms. The molecular weight excluding hydrogens is 162 g/mol. The number of carbonyl (C=O) groups is 1. The van der Waals surface area contributed by atoms with Gasteiger partial charge in [0.2, 0.25) is 0 Å². The summed E-state index contributed by atoms with van der Waals surface area (Å²) in [5, 5.41) is 2.93. The fraction of sp³-hybridized carbons (Fsp3) is 0.125. The summed E-state index contributed by atoms with van der Waals surface area (Å²) in [5.41, 5.74) is 0.458. The number of carbonyl (C=O) groups excluding carboxylic acids is 1. The Balaban J connectivity index is 2.96. The van der Waals surface area contributed by atoms with Crippen molar-refractivity contribution in [2.75, 3.05) is 7.05 Å². The maximum Gasteiger partial charge on any atom is 0.251 e. The molecule has 0 bridgehead atoms. The third-order valence-electron chi connectivity index (χ3n) is 1.23. The van der Waals surface area contributed by atoms with E-state index in [0.717, 1.165) is 0 Å². The van der Waals surface area contributed by atoms with E-state index in [0.29, 0.717) is 10.6 Å². The van der Waals surface area contributed by atoms with E-state index in [2.05, 4.69) is 11.4 Å². The molecule has 0 aliphatic heterocycles.